The fraction of sp³-hybridized carbons (Fsp3) is 0.421. The molecule has 0 aliphatic heterocycles. The third kappa shape index (κ3) is 3.47. The molecule has 1 amide bonds. The van der Waals surface area contributed by atoms with E-state index in [-0.39, 0.29) is 24.2 Å². The highest BCUT2D eigenvalue weighted by atomic mass is 16.2. The van der Waals surface area contributed by atoms with Crippen molar-refractivity contribution in [2.45, 2.75) is 45.8 Å². The summed E-state index contributed by atoms with van der Waals surface area (Å²) < 4.78 is 4.50. The second kappa shape index (κ2) is 7.41. The maximum absolute atomic E-state index is 12.7. The van der Waals surface area contributed by atoms with Crippen molar-refractivity contribution >= 4 is 5.91 Å². The van der Waals surface area contributed by atoms with E-state index in [4.69, 9.17) is 0 Å². The zero-order valence-corrected chi connectivity index (χ0v) is 15.9. The summed E-state index contributed by atoms with van der Waals surface area (Å²) >= 11 is 0. The number of hydrogen-bond acceptors (Lipinski definition) is 5. The van der Waals surface area contributed by atoms with E-state index in [0.29, 0.717) is 24.0 Å². The number of nitrogens with one attached hydrogen (secondary N) is 1. The summed E-state index contributed by atoms with van der Waals surface area (Å²) in [5.74, 6) is 1.38. The normalized spacial score (nSPS) is 14.8. The summed E-state index contributed by atoms with van der Waals surface area (Å²) in [5.41, 5.74) is 0.334. The van der Waals surface area contributed by atoms with Crippen molar-refractivity contribution in [3.05, 3.63) is 58.8 Å². The lowest BCUT2D eigenvalue weighted by atomic mass is 10.1. The van der Waals surface area contributed by atoms with E-state index >= 15 is 0 Å². The molecule has 0 radical (unpaired) electrons. The average molecular weight is 381 g/mol. The van der Waals surface area contributed by atoms with Gasteiger partial charge in [0.25, 0.3) is 0 Å². The number of nitrogens with zero attached hydrogens (tertiary/aromatic N) is 6. The van der Waals surface area contributed by atoms with Crippen LogP contribution in [0.1, 0.15) is 37.5 Å². The zero-order valence-electron chi connectivity index (χ0n) is 15.9. The highest BCUT2D eigenvalue weighted by molar-refractivity contribution is 5.76. The molecule has 1 aliphatic carbocycles. The van der Waals surface area contributed by atoms with Crippen molar-refractivity contribution in [1.82, 2.24) is 34.4 Å². The maximum atomic E-state index is 12.7. The molecular weight excluding hydrogens is 358 g/mol. The van der Waals surface area contributed by atoms with Crippen LogP contribution in [0.2, 0.25) is 0 Å². The molecule has 9 nitrogen and oxygen atoms in total. The number of aryl methyl sites for hydroxylation is 2. The molecular formula is C19H23N7O2. The van der Waals surface area contributed by atoms with Gasteiger partial charge in [0.15, 0.2) is 0 Å². The molecule has 146 valence electrons. The molecule has 2 aromatic heterocycles. The van der Waals surface area contributed by atoms with Crippen molar-refractivity contribution in [3.8, 4) is 5.69 Å². The number of benzene rings is 1. The van der Waals surface area contributed by atoms with Crippen LogP contribution in [0.15, 0.2) is 41.5 Å². The zero-order chi connectivity index (χ0) is 19.7. The van der Waals surface area contributed by atoms with Gasteiger partial charge in [-0.15, -0.1) is 0 Å². The average Bonchev–Trinajstić information content (AvgIpc) is 3.38. The first-order valence-corrected chi connectivity index (χ1v) is 9.47. The second-order valence-electron chi connectivity index (χ2n) is 6.98. The van der Waals surface area contributed by atoms with Crippen LogP contribution in [0.25, 0.3) is 5.69 Å². The number of carbonyl (C=O) groups excluding carboxylic acids is 1. The van der Waals surface area contributed by atoms with Gasteiger partial charge in [-0.25, -0.2) is 14.5 Å². The van der Waals surface area contributed by atoms with Gasteiger partial charge in [-0.1, -0.05) is 18.2 Å². The number of para-hydroxylation sites is 1. The van der Waals surface area contributed by atoms with Crippen LogP contribution < -0.4 is 11.0 Å². The van der Waals surface area contributed by atoms with Crippen molar-refractivity contribution in [3.63, 3.8) is 0 Å². The van der Waals surface area contributed by atoms with E-state index in [1.807, 2.05) is 25.1 Å². The Morgan fingerprint density at radius 1 is 1.29 bits per heavy atom. The van der Waals surface area contributed by atoms with Gasteiger partial charge in [0.2, 0.25) is 5.91 Å². The standard InChI is InChI=1S/C19H23N7O2/c1-3-25-18(20-12-21-25)17(14-9-10-14)22-16(27)11-24-13(2)23-26(19(24)28)15-7-5-4-6-8-15/h4-8,12,14,17H,3,9-11H2,1-2H3,(H,22,27). The molecule has 1 aromatic carbocycles. The summed E-state index contributed by atoms with van der Waals surface area (Å²) in [6, 6.07) is 8.98. The lowest BCUT2D eigenvalue weighted by Crippen LogP contribution is -2.37. The predicted molar refractivity (Wildman–Crippen MR) is 102 cm³/mol. The van der Waals surface area contributed by atoms with Gasteiger partial charge in [0.05, 0.1) is 11.7 Å². The third-order valence-corrected chi connectivity index (χ3v) is 4.98. The summed E-state index contributed by atoms with van der Waals surface area (Å²) in [6.07, 6.45) is 3.61. The van der Waals surface area contributed by atoms with Gasteiger partial charge in [0.1, 0.15) is 24.5 Å². The minimum absolute atomic E-state index is 0.0824. The molecule has 1 saturated carbocycles. The Kier molecular flexibility index (Phi) is 4.81. The van der Waals surface area contributed by atoms with Crippen molar-refractivity contribution in [2.75, 3.05) is 0 Å². The molecule has 4 rings (SSSR count). The van der Waals surface area contributed by atoms with E-state index in [9.17, 15) is 9.59 Å². The predicted octanol–water partition coefficient (Wildman–Crippen LogP) is 1.22. The maximum Gasteiger partial charge on any atom is 0.351 e. The summed E-state index contributed by atoms with van der Waals surface area (Å²) in [4.78, 5) is 29.8. The lowest BCUT2D eigenvalue weighted by Gasteiger charge is -2.18. The molecule has 1 atom stereocenters. The van der Waals surface area contributed by atoms with Crippen LogP contribution >= 0.6 is 0 Å². The van der Waals surface area contributed by atoms with E-state index in [0.717, 1.165) is 18.7 Å². The van der Waals surface area contributed by atoms with Crippen LogP contribution in [-0.4, -0.2) is 35.0 Å². The first-order chi connectivity index (χ1) is 13.6. The van der Waals surface area contributed by atoms with Crippen LogP contribution in [0.4, 0.5) is 0 Å². The molecule has 9 heteroatoms. The molecule has 1 N–H and O–H groups in total. The Morgan fingerprint density at radius 3 is 2.71 bits per heavy atom. The Hall–Kier alpha value is -3.23. The lowest BCUT2D eigenvalue weighted by molar-refractivity contribution is -0.122. The molecule has 0 spiro atoms. The van der Waals surface area contributed by atoms with Crippen molar-refractivity contribution in [2.24, 2.45) is 5.92 Å². The molecule has 3 aromatic rings. The Labute approximate surface area is 162 Å². The van der Waals surface area contributed by atoms with E-state index in [1.54, 1.807) is 23.7 Å². The highest BCUT2D eigenvalue weighted by Gasteiger charge is 2.36. The minimum atomic E-state index is -0.335. The topological polar surface area (TPSA) is 99.6 Å². The first-order valence-electron chi connectivity index (χ1n) is 9.47. The minimum Gasteiger partial charge on any atom is -0.344 e. The molecule has 2 heterocycles. The van der Waals surface area contributed by atoms with Gasteiger partial charge in [0, 0.05) is 6.54 Å². The molecule has 28 heavy (non-hydrogen) atoms. The third-order valence-electron chi connectivity index (χ3n) is 4.98. The number of carbonyl (C=O) groups is 1. The number of amides is 1. The second-order valence-corrected chi connectivity index (χ2v) is 6.98. The Balaban J connectivity index is 1.54. The monoisotopic (exact) mass is 381 g/mol. The number of hydrogen-bond donors (Lipinski definition) is 1. The molecule has 1 aliphatic rings. The van der Waals surface area contributed by atoms with E-state index in [2.05, 4.69) is 20.5 Å². The van der Waals surface area contributed by atoms with Crippen LogP contribution in [0.3, 0.4) is 0 Å². The van der Waals surface area contributed by atoms with Gasteiger partial charge in [-0.2, -0.15) is 14.9 Å². The van der Waals surface area contributed by atoms with Gasteiger partial charge >= 0.3 is 5.69 Å². The van der Waals surface area contributed by atoms with Gasteiger partial charge < -0.3 is 5.32 Å². The summed E-state index contributed by atoms with van der Waals surface area (Å²) in [6.45, 7) is 4.32. The number of aromatic nitrogens is 6. The van der Waals surface area contributed by atoms with Gasteiger partial charge in [-0.3, -0.25) is 9.36 Å². The quantitative estimate of drug-likeness (QED) is 0.663. The van der Waals surface area contributed by atoms with Crippen molar-refractivity contribution in [1.29, 1.82) is 0 Å². The fourth-order valence-electron chi connectivity index (χ4n) is 3.36. The molecule has 1 fully saturated rings. The van der Waals surface area contributed by atoms with E-state index < -0.39 is 0 Å². The van der Waals surface area contributed by atoms with Crippen LogP contribution in [0, 0.1) is 12.8 Å². The van der Waals surface area contributed by atoms with Crippen molar-refractivity contribution < 1.29 is 4.79 Å². The summed E-state index contributed by atoms with van der Waals surface area (Å²) in [7, 11) is 0. The largest absolute Gasteiger partial charge is 0.351 e. The Bertz CT molecular complexity index is 1030. The molecule has 1 unspecified atom stereocenters. The molecule has 0 bridgehead atoms. The van der Waals surface area contributed by atoms with Crippen LogP contribution in [-0.2, 0) is 17.9 Å². The van der Waals surface area contributed by atoms with Crippen LogP contribution in [0.5, 0.6) is 0 Å². The van der Waals surface area contributed by atoms with Gasteiger partial charge in [-0.05, 0) is 44.7 Å². The smallest absolute Gasteiger partial charge is 0.344 e. The van der Waals surface area contributed by atoms with E-state index in [1.165, 1.54) is 15.6 Å². The number of rotatable bonds is 7. The SMILES string of the molecule is CCn1ncnc1C(NC(=O)Cn1c(C)nn(-c2ccccc2)c1=O)C1CC1. The Morgan fingerprint density at radius 2 is 2.04 bits per heavy atom. The first kappa shape index (κ1) is 18.1. The fourth-order valence-corrected chi connectivity index (χ4v) is 3.36. The highest BCUT2D eigenvalue weighted by Crippen LogP contribution is 2.40. The molecule has 0 saturated heterocycles. The summed E-state index contributed by atoms with van der Waals surface area (Å²) in [5, 5.41) is 11.6.